The predicted molar refractivity (Wildman–Crippen MR) is 71.5 cm³/mol. The maximum Gasteiger partial charge on any atom is 0.229 e. The fourth-order valence-electron chi connectivity index (χ4n) is 1.71. The maximum atomic E-state index is 11.7. The fraction of sp³-hybridized carbons (Fsp3) is 0.500. The number of hydrogen-bond acceptors (Lipinski definition) is 3. The van der Waals surface area contributed by atoms with Crippen LogP contribution in [0.3, 0.4) is 0 Å². The Morgan fingerprint density at radius 1 is 1.61 bits per heavy atom. The minimum atomic E-state index is -0.0239. The quantitative estimate of drug-likeness (QED) is 0.839. The minimum absolute atomic E-state index is 0.00295. The Hall–Kier alpha value is -1.55. The first kappa shape index (κ1) is 12.9. The number of benzene rings is 1. The first-order chi connectivity index (χ1) is 8.60. The van der Waals surface area contributed by atoms with Gasteiger partial charge in [-0.1, -0.05) is 13.0 Å². The second-order valence-electron chi connectivity index (χ2n) is 4.86. The summed E-state index contributed by atoms with van der Waals surface area (Å²) in [5.41, 5.74) is 6.41. The van der Waals surface area contributed by atoms with Gasteiger partial charge < -0.3 is 15.8 Å². The van der Waals surface area contributed by atoms with E-state index in [1.807, 2.05) is 31.2 Å². The van der Waals surface area contributed by atoms with Crippen LogP contribution in [-0.4, -0.2) is 18.1 Å². The van der Waals surface area contributed by atoms with Gasteiger partial charge in [0.15, 0.2) is 0 Å². The van der Waals surface area contributed by atoms with Crippen molar-refractivity contribution in [3.05, 3.63) is 24.3 Å². The molecule has 3 N–H and O–H groups in total. The van der Waals surface area contributed by atoms with Gasteiger partial charge in [-0.3, -0.25) is 4.79 Å². The summed E-state index contributed by atoms with van der Waals surface area (Å²) >= 11 is 0. The topological polar surface area (TPSA) is 64.3 Å². The monoisotopic (exact) mass is 248 g/mol. The van der Waals surface area contributed by atoms with Crippen molar-refractivity contribution in [3.63, 3.8) is 0 Å². The smallest absolute Gasteiger partial charge is 0.229 e. The van der Waals surface area contributed by atoms with Crippen molar-refractivity contribution in [2.45, 2.75) is 38.8 Å². The molecule has 1 aliphatic rings. The van der Waals surface area contributed by atoms with E-state index < -0.39 is 0 Å². The standard InChI is InChI=1S/C14H20N2O2/c1-3-9(2)18-11-6-4-5-10(7-11)16-14(17)12-8-13(12)15/h4-7,9,12-13H,3,8,15H2,1-2H3,(H,16,17). The Labute approximate surface area is 108 Å². The third-order valence-electron chi connectivity index (χ3n) is 3.19. The van der Waals surface area contributed by atoms with Gasteiger partial charge in [-0.2, -0.15) is 0 Å². The van der Waals surface area contributed by atoms with Crippen LogP contribution in [0.25, 0.3) is 0 Å². The minimum Gasteiger partial charge on any atom is -0.491 e. The zero-order chi connectivity index (χ0) is 13.1. The molecule has 0 radical (unpaired) electrons. The molecule has 0 bridgehead atoms. The van der Waals surface area contributed by atoms with Crippen molar-refractivity contribution in [1.29, 1.82) is 0 Å². The lowest BCUT2D eigenvalue weighted by molar-refractivity contribution is -0.117. The number of rotatable bonds is 5. The number of nitrogens with one attached hydrogen (secondary N) is 1. The highest BCUT2D eigenvalue weighted by Crippen LogP contribution is 2.29. The van der Waals surface area contributed by atoms with Crippen molar-refractivity contribution >= 4 is 11.6 Å². The molecule has 98 valence electrons. The molecule has 1 aromatic rings. The van der Waals surface area contributed by atoms with E-state index in [-0.39, 0.29) is 24.0 Å². The number of carbonyl (C=O) groups is 1. The highest BCUT2D eigenvalue weighted by atomic mass is 16.5. The summed E-state index contributed by atoms with van der Waals surface area (Å²) in [6, 6.07) is 7.50. The molecule has 4 nitrogen and oxygen atoms in total. The number of anilines is 1. The van der Waals surface area contributed by atoms with Crippen LogP contribution < -0.4 is 15.8 Å². The summed E-state index contributed by atoms with van der Waals surface area (Å²) in [5.74, 6) is 0.759. The van der Waals surface area contributed by atoms with Gasteiger partial charge in [0.25, 0.3) is 0 Å². The van der Waals surface area contributed by atoms with Crippen LogP contribution in [0.2, 0.25) is 0 Å². The molecule has 1 aliphatic carbocycles. The van der Waals surface area contributed by atoms with E-state index in [1.165, 1.54) is 0 Å². The molecule has 1 aromatic carbocycles. The van der Waals surface area contributed by atoms with Gasteiger partial charge in [0, 0.05) is 17.8 Å². The molecule has 0 aliphatic heterocycles. The lowest BCUT2D eigenvalue weighted by atomic mass is 10.2. The zero-order valence-corrected chi connectivity index (χ0v) is 10.8. The van der Waals surface area contributed by atoms with Crippen LogP contribution >= 0.6 is 0 Å². The molecular formula is C14H20N2O2. The highest BCUT2D eigenvalue weighted by Gasteiger charge is 2.39. The van der Waals surface area contributed by atoms with Crippen LogP contribution in [0.5, 0.6) is 5.75 Å². The summed E-state index contributed by atoms with van der Waals surface area (Å²) in [6.07, 6.45) is 1.91. The Bertz CT molecular complexity index is 434. The van der Waals surface area contributed by atoms with Gasteiger partial charge in [0.1, 0.15) is 5.75 Å². The molecule has 0 spiro atoms. The molecular weight excluding hydrogens is 228 g/mol. The van der Waals surface area contributed by atoms with Crippen molar-refractivity contribution in [3.8, 4) is 5.75 Å². The molecule has 1 fully saturated rings. The van der Waals surface area contributed by atoms with Crippen molar-refractivity contribution < 1.29 is 9.53 Å². The van der Waals surface area contributed by atoms with E-state index in [0.717, 1.165) is 24.3 Å². The number of carbonyl (C=O) groups excluding carboxylic acids is 1. The third-order valence-corrected chi connectivity index (χ3v) is 3.19. The Morgan fingerprint density at radius 2 is 2.33 bits per heavy atom. The van der Waals surface area contributed by atoms with E-state index in [4.69, 9.17) is 10.5 Å². The fourth-order valence-corrected chi connectivity index (χ4v) is 1.71. The first-order valence-electron chi connectivity index (χ1n) is 6.43. The van der Waals surface area contributed by atoms with Crippen LogP contribution in [0.4, 0.5) is 5.69 Å². The molecule has 18 heavy (non-hydrogen) atoms. The third kappa shape index (κ3) is 3.23. The van der Waals surface area contributed by atoms with Crippen molar-refractivity contribution in [1.82, 2.24) is 0 Å². The van der Waals surface area contributed by atoms with Crippen LogP contribution in [0, 0.1) is 5.92 Å². The molecule has 0 heterocycles. The SMILES string of the molecule is CCC(C)Oc1cccc(NC(=O)C2CC2N)c1. The second kappa shape index (κ2) is 5.40. The summed E-state index contributed by atoms with van der Waals surface area (Å²) in [4.78, 5) is 11.7. The van der Waals surface area contributed by atoms with E-state index >= 15 is 0 Å². The largest absolute Gasteiger partial charge is 0.491 e. The summed E-state index contributed by atoms with van der Waals surface area (Å²) in [7, 11) is 0. The normalized spacial score (nSPS) is 23.3. The molecule has 4 heteroatoms. The average molecular weight is 248 g/mol. The molecule has 3 atom stereocenters. The molecule has 2 rings (SSSR count). The maximum absolute atomic E-state index is 11.7. The van der Waals surface area contributed by atoms with Gasteiger partial charge in [-0.05, 0) is 31.9 Å². The Balaban J connectivity index is 1.96. The van der Waals surface area contributed by atoms with Crippen LogP contribution in [0.1, 0.15) is 26.7 Å². The van der Waals surface area contributed by atoms with Crippen molar-refractivity contribution in [2.24, 2.45) is 11.7 Å². The van der Waals surface area contributed by atoms with Crippen LogP contribution in [-0.2, 0) is 4.79 Å². The highest BCUT2D eigenvalue weighted by molar-refractivity contribution is 5.95. The molecule has 3 unspecified atom stereocenters. The lowest BCUT2D eigenvalue weighted by Gasteiger charge is -2.13. The van der Waals surface area contributed by atoms with Gasteiger partial charge in [-0.25, -0.2) is 0 Å². The average Bonchev–Trinajstić information content (AvgIpc) is 3.07. The molecule has 0 aromatic heterocycles. The lowest BCUT2D eigenvalue weighted by Crippen LogP contribution is -2.18. The van der Waals surface area contributed by atoms with Crippen LogP contribution in [0.15, 0.2) is 24.3 Å². The number of ether oxygens (including phenoxy) is 1. The number of nitrogens with two attached hydrogens (primary N) is 1. The summed E-state index contributed by atoms with van der Waals surface area (Å²) in [5, 5.41) is 2.87. The second-order valence-corrected chi connectivity index (χ2v) is 4.86. The predicted octanol–water partition coefficient (Wildman–Crippen LogP) is 2.15. The first-order valence-corrected chi connectivity index (χ1v) is 6.43. The van der Waals surface area contributed by atoms with E-state index in [2.05, 4.69) is 12.2 Å². The van der Waals surface area contributed by atoms with E-state index in [9.17, 15) is 4.79 Å². The number of amides is 1. The van der Waals surface area contributed by atoms with Gasteiger partial charge in [0.2, 0.25) is 5.91 Å². The van der Waals surface area contributed by atoms with Gasteiger partial charge in [-0.15, -0.1) is 0 Å². The summed E-state index contributed by atoms with van der Waals surface area (Å²) in [6.45, 7) is 4.10. The van der Waals surface area contributed by atoms with E-state index in [0.29, 0.717) is 0 Å². The Morgan fingerprint density at radius 3 is 2.94 bits per heavy atom. The summed E-state index contributed by atoms with van der Waals surface area (Å²) < 4.78 is 5.71. The molecule has 0 saturated heterocycles. The molecule has 1 saturated carbocycles. The zero-order valence-electron chi connectivity index (χ0n) is 10.8. The van der Waals surface area contributed by atoms with Gasteiger partial charge in [0.05, 0.1) is 12.0 Å². The van der Waals surface area contributed by atoms with Gasteiger partial charge >= 0.3 is 0 Å². The van der Waals surface area contributed by atoms with Crippen molar-refractivity contribution in [2.75, 3.05) is 5.32 Å². The number of hydrogen-bond donors (Lipinski definition) is 2. The molecule has 1 amide bonds. The van der Waals surface area contributed by atoms with E-state index in [1.54, 1.807) is 0 Å². The Kier molecular flexibility index (Phi) is 3.87.